The molecule has 26 heavy (non-hydrogen) atoms. The highest BCUT2D eigenvalue weighted by atomic mass is 15.4. The first-order chi connectivity index (χ1) is 12.9. The van der Waals surface area contributed by atoms with Crippen molar-refractivity contribution in [3.05, 3.63) is 78.6 Å². The van der Waals surface area contributed by atoms with Crippen molar-refractivity contribution in [2.45, 2.75) is 58.0 Å². The topological polar surface area (TPSA) is 6.48 Å². The second-order valence-electron chi connectivity index (χ2n) is 7.18. The summed E-state index contributed by atoms with van der Waals surface area (Å²) in [6.07, 6.45) is 14.2. The fourth-order valence-electron chi connectivity index (χ4n) is 3.73. The Labute approximate surface area is 159 Å². The number of unbranched alkanes of at least 4 members (excludes halogenated alkanes) is 6. The normalized spacial score (nSPS) is 16.4. The number of anilines is 1. The van der Waals surface area contributed by atoms with Crippen LogP contribution in [0.3, 0.4) is 0 Å². The zero-order valence-corrected chi connectivity index (χ0v) is 16.1. The van der Waals surface area contributed by atoms with E-state index in [9.17, 15) is 0 Å². The third-order valence-electron chi connectivity index (χ3n) is 5.17. The smallest absolute Gasteiger partial charge is 0.132 e. The minimum atomic E-state index is 0.263. The molecule has 0 fully saturated rings. The van der Waals surface area contributed by atoms with E-state index in [2.05, 4.69) is 89.8 Å². The lowest BCUT2D eigenvalue weighted by Crippen LogP contribution is -2.31. The largest absolute Gasteiger partial charge is 0.352 e. The second kappa shape index (κ2) is 10.1. The van der Waals surface area contributed by atoms with Crippen molar-refractivity contribution >= 4 is 5.69 Å². The van der Waals surface area contributed by atoms with Crippen LogP contribution in [0.25, 0.3) is 0 Å². The average Bonchev–Trinajstić information content (AvgIpc) is 3.12. The van der Waals surface area contributed by atoms with E-state index in [1.54, 1.807) is 0 Å². The molecule has 0 N–H and O–H groups in total. The molecule has 0 aromatic heterocycles. The minimum absolute atomic E-state index is 0.263. The van der Waals surface area contributed by atoms with Crippen LogP contribution in [-0.4, -0.2) is 11.4 Å². The van der Waals surface area contributed by atoms with Crippen LogP contribution in [-0.2, 0) is 0 Å². The summed E-state index contributed by atoms with van der Waals surface area (Å²) in [5.74, 6) is 0. The quantitative estimate of drug-likeness (QED) is 0.439. The number of hydrogen-bond donors (Lipinski definition) is 0. The molecule has 2 heteroatoms. The lowest BCUT2D eigenvalue weighted by molar-refractivity contribution is 0.297. The maximum Gasteiger partial charge on any atom is 0.132 e. The van der Waals surface area contributed by atoms with Crippen LogP contribution in [0.4, 0.5) is 5.69 Å². The molecular formula is C24H32N2. The molecular weight excluding hydrogens is 316 g/mol. The molecule has 1 atom stereocenters. The van der Waals surface area contributed by atoms with Crippen molar-refractivity contribution in [2.24, 2.45) is 0 Å². The summed E-state index contributed by atoms with van der Waals surface area (Å²) in [5.41, 5.74) is 2.60. The highest BCUT2D eigenvalue weighted by molar-refractivity contribution is 5.53. The molecule has 1 aliphatic heterocycles. The summed E-state index contributed by atoms with van der Waals surface area (Å²) in [4.78, 5) is 4.88. The van der Waals surface area contributed by atoms with Crippen LogP contribution in [0.5, 0.6) is 0 Å². The van der Waals surface area contributed by atoms with Gasteiger partial charge in [-0.05, 0) is 24.1 Å². The maximum absolute atomic E-state index is 2.49. The van der Waals surface area contributed by atoms with Crippen molar-refractivity contribution in [2.75, 3.05) is 11.4 Å². The van der Waals surface area contributed by atoms with Crippen LogP contribution in [0.15, 0.2) is 73.1 Å². The first-order valence-electron chi connectivity index (χ1n) is 10.2. The van der Waals surface area contributed by atoms with Crippen LogP contribution in [0.2, 0.25) is 0 Å². The van der Waals surface area contributed by atoms with E-state index in [-0.39, 0.29) is 6.17 Å². The second-order valence-corrected chi connectivity index (χ2v) is 7.18. The Morgan fingerprint density at radius 1 is 0.692 bits per heavy atom. The lowest BCUT2D eigenvalue weighted by atomic mass is 10.1. The summed E-state index contributed by atoms with van der Waals surface area (Å²) < 4.78 is 0. The number of nitrogens with zero attached hydrogens (tertiary/aromatic N) is 2. The third kappa shape index (κ3) is 4.91. The van der Waals surface area contributed by atoms with Crippen LogP contribution >= 0.6 is 0 Å². The first kappa shape index (κ1) is 18.6. The van der Waals surface area contributed by atoms with Gasteiger partial charge in [0.1, 0.15) is 6.17 Å². The molecule has 0 saturated heterocycles. The SMILES string of the molecule is CCCCCCCCCN1C=CN(c2ccccc2)C1c1ccccc1. The maximum atomic E-state index is 2.49. The molecule has 1 aliphatic rings. The molecule has 0 aliphatic carbocycles. The van der Waals surface area contributed by atoms with Crippen molar-refractivity contribution in [3.63, 3.8) is 0 Å². The van der Waals surface area contributed by atoms with Gasteiger partial charge in [-0.15, -0.1) is 0 Å². The fourth-order valence-corrected chi connectivity index (χ4v) is 3.73. The first-order valence-corrected chi connectivity index (χ1v) is 10.2. The van der Waals surface area contributed by atoms with Crippen molar-refractivity contribution in [3.8, 4) is 0 Å². The molecule has 0 spiro atoms. The van der Waals surface area contributed by atoms with Gasteiger partial charge in [0.15, 0.2) is 0 Å². The van der Waals surface area contributed by atoms with Gasteiger partial charge in [0.05, 0.1) is 0 Å². The van der Waals surface area contributed by atoms with E-state index in [1.165, 1.54) is 56.2 Å². The van der Waals surface area contributed by atoms with Gasteiger partial charge in [-0.2, -0.15) is 0 Å². The molecule has 0 amide bonds. The van der Waals surface area contributed by atoms with Gasteiger partial charge in [0, 0.05) is 24.6 Å². The molecule has 3 rings (SSSR count). The molecule has 1 heterocycles. The molecule has 2 aromatic rings. The molecule has 0 saturated carbocycles. The Hall–Kier alpha value is -2.22. The van der Waals surface area contributed by atoms with E-state index in [4.69, 9.17) is 0 Å². The van der Waals surface area contributed by atoms with Gasteiger partial charge in [0.25, 0.3) is 0 Å². The Bertz CT molecular complexity index is 650. The number of rotatable bonds is 10. The molecule has 2 nitrogen and oxygen atoms in total. The Morgan fingerprint density at radius 3 is 2.00 bits per heavy atom. The standard InChI is InChI=1S/C24H32N2/c1-2-3-4-5-6-7-14-19-25-20-21-26(23-17-12-9-13-18-23)24(25)22-15-10-8-11-16-22/h8-13,15-18,20-21,24H,2-7,14,19H2,1H3. The summed E-state index contributed by atoms with van der Waals surface area (Å²) in [7, 11) is 0. The molecule has 138 valence electrons. The van der Waals surface area contributed by atoms with Crippen molar-refractivity contribution < 1.29 is 0 Å². The monoisotopic (exact) mass is 348 g/mol. The van der Waals surface area contributed by atoms with E-state index in [0.29, 0.717) is 0 Å². The highest BCUT2D eigenvalue weighted by Gasteiger charge is 2.28. The number of benzene rings is 2. The third-order valence-corrected chi connectivity index (χ3v) is 5.17. The average molecular weight is 349 g/mol. The van der Waals surface area contributed by atoms with Crippen LogP contribution < -0.4 is 4.90 Å². The summed E-state index contributed by atoms with van der Waals surface area (Å²) in [6, 6.07) is 21.6. The Morgan fingerprint density at radius 2 is 1.31 bits per heavy atom. The molecule has 2 aromatic carbocycles. The zero-order valence-electron chi connectivity index (χ0n) is 16.1. The summed E-state index contributed by atoms with van der Waals surface area (Å²) in [5, 5.41) is 0. The van der Waals surface area contributed by atoms with Gasteiger partial charge in [0.2, 0.25) is 0 Å². The predicted molar refractivity (Wildman–Crippen MR) is 112 cm³/mol. The highest BCUT2D eigenvalue weighted by Crippen LogP contribution is 2.35. The van der Waals surface area contributed by atoms with E-state index >= 15 is 0 Å². The van der Waals surface area contributed by atoms with E-state index < -0.39 is 0 Å². The fraction of sp³-hybridized carbons (Fsp3) is 0.417. The molecule has 0 radical (unpaired) electrons. The van der Waals surface area contributed by atoms with Gasteiger partial charge < -0.3 is 9.80 Å². The van der Waals surface area contributed by atoms with Gasteiger partial charge in [-0.3, -0.25) is 0 Å². The zero-order chi connectivity index (χ0) is 18.0. The molecule has 0 bridgehead atoms. The van der Waals surface area contributed by atoms with Crippen LogP contribution in [0.1, 0.15) is 63.6 Å². The van der Waals surface area contributed by atoms with Gasteiger partial charge >= 0.3 is 0 Å². The minimum Gasteiger partial charge on any atom is -0.352 e. The number of para-hydroxylation sites is 1. The van der Waals surface area contributed by atoms with Crippen molar-refractivity contribution in [1.29, 1.82) is 0 Å². The Balaban J connectivity index is 1.61. The summed E-state index contributed by atoms with van der Waals surface area (Å²) in [6.45, 7) is 3.40. The summed E-state index contributed by atoms with van der Waals surface area (Å²) >= 11 is 0. The predicted octanol–water partition coefficient (Wildman–Crippen LogP) is 6.73. The van der Waals surface area contributed by atoms with Crippen LogP contribution in [0, 0.1) is 0 Å². The van der Waals surface area contributed by atoms with Crippen molar-refractivity contribution in [1.82, 2.24) is 4.90 Å². The van der Waals surface area contributed by atoms with Gasteiger partial charge in [-0.1, -0.05) is 94.0 Å². The lowest BCUT2D eigenvalue weighted by Gasteiger charge is -2.33. The Kier molecular flexibility index (Phi) is 7.18. The van der Waals surface area contributed by atoms with E-state index in [0.717, 1.165) is 6.54 Å². The van der Waals surface area contributed by atoms with E-state index in [1.807, 2.05) is 0 Å². The number of hydrogen-bond acceptors (Lipinski definition) is 2. The van der Waals surface area contributed by atoms with Gasteiger partial charge in [-0.25, -0.2) is 0 Å². The molecule has 1 unspecified atom stereocenters.